The Morgan fingerprint density at radius 3 is 2.85 bits per heavy atom. The van der Waals surface area contributed by atoms with Crippen LogP contribution in [0.25, 0.3) is 0 Å². The summed E-state index contributed by atoms with van der Waals surface area (Å²) >= 11 is 5.96. The van der Waals surface area contributed by atoms with Gasteiger partial charge in [-0.15, -0.1) is 0 Å². The first-order valence-corrected chi connectivity index (χ1v) is 7.21. The van der Waals surface area contributed by atoms with Gasteiger partial charge in [-0.25, -0.2) is 5.01 Å². The molecule has 2 rings (SSSR count). The molecule has 0 aliphatic carbocycles. The van der Waals surface area contributed by atoms with Gasteiger partial charge in [-0.05, 0) is 31.0 Å². The molecule has 1 atom stereocenters. The zero-order chi connectivity index (χ0) is 14.7. The second-order valence-electron chi connectivity index (χ2n) is 5.04. The topological polar surface area (TPSA) is 52.9 Å². The minimum absolute atomic E-state index is 0.0344. The Morgan fingerprint density at radius 2 is 2.20 bits per heavy atom. The highest BCUT2D eigenvalue weighted by Gasteiger charge is 2.23. The van der Waals surface area contributed by atoms with Crippen LogP contribution in [0.3, 0.4) is 0 Å². The van der Waals surface area contributed by atoms with Crippen molar-refractivity contribution < 1.29 is 9.90 Å². The third-order valence-corrected chi connectivity index (χ3v) is 3.69. The van der Waals surface area contributed by atoms with Crippen molar-refractivity contribution in [3.05, 3.63) is 34.3 Å². The highest BCUT2D eigenvalue weighted by atomic mass is 35.5. The zero-order valence-electron chi connectivity index (χ0n) is 11.8. The second-order valence-corrected chi connectivity index (χ2v) is 5.48. The smallest absolute Gasteiger partial charge is 0.243 e. The quantitative estimate of drug-likeness (QED) is 0.928. The van der Waals surface area contributed by atoms with Crippen molar-refractivity contribution >= 4 is 23.2 Å². The molecule has 0 aromatic heterocycles. The summed E-state index contributed by atoms with van der Waals surface area (Å²) in [7, 11) is 0. The molecule has 1 N–H and O–H groups in total. The molecule has 0 saturated heterocycles. The lowest BCUT2D eigenvalue weighted by Crippen LogP contribution is -2.37. The summed E-state index contributed by atoms with van der Waals surface area (Å²) in [5.74, 6) is -0.0344. The van der Waals surface area contributed by atoms with E-state index in [-0.39, 0.29) is 12.5 Å². The van der Waals surface area contributed by atoms with Gasteiger partial charge in [0.25, 0.3) is 0 Å². The number of nitrogens with zero attached hydrogens (tertiary/aromatic N) is 2. The minimum atomic E-state index is -0.534. The third kappa shape index (κ3) is 3.38. The van der Waals surface area contributed by atoms with Crippen molar-refractivity contribution in [1.29, 1.82) is 0 Å². The van der Waals surface area contributed by atoms with Crippen molar-refractivity contribution in [1.82, 2.24) is 5.01 Å². The highest BCUT2D eigenvalue weighted by Crippen LogP contribution is 2.21. The van der Waals surface area contributed by atoms with Crippen molar-refractivity contribution in [3.8, 4) is 0 Å². The van der Waals surface area contributed by atoms with Crippen molar-refractivity contribution in [2.45, 2.75) is 39.2 Å². The van der Waals surface area contributed by atoms with E-state index < -0.39 is 6.10 Å². The van der Waals surface area contributed by atoms with E-state index in [0.717, 1.165) is 16.8 Å². The lowest BCUT2D eigenvalue weighted by atomic mass is 9.99. The number of benzene rings is 1. The molecule has 1 aliphatic rings. The van der Waals surface area contributed by atoms with Crippen LogP contribution >= 0.6 is 11.6 Å². The molecular weight excluding hydrogens is 276 g/mol. The predicted molar refractivity (Wildman–Crippen MR) is 80.0 cm³/mol. The number of hydrogen-bond acceptors (Lipinski definition) is 3. The van der Waals surface area contributed by atoms with Crippen molar-refractivity contribution in [2.75, 3.05) is 6.54 Å². The number of aliphatic hydroxyl groups excluding tert-OH is 1. The van der Waals surface area contributed by atoms with Crippen molar-refractivity contribution in [3.63, 3.8) is 0 Å². The van der Waals surface area contributed by atoms with Crippen LogP contribution in [0.1, 0.15) is 37.3 Å². The monoisotopic (exact) mass is 294 g/mol. The summed E-state index contributed by atoms with van der Waals surface area (Å²) in [5, 5.41) is 16.2. The van der Waals surface area contributed by atoms with Crippen molar-refractivity contribution in [2.24, 2.45) is 5.10 Å². The van der Waals surface area contributed by atoms with Crippen LogP contribution < -0.4 is 0 Å². The largest absolute Gasteiger partial charge is 0.391 e. The number of rotatable bonds is 4. The summed E-state index contributed by atoms with van der Waals surface area (Å²) in [4.78, 5) is 11.8. The molecule has 1 amide bonds. The standard InChI is InChI=1S/C15H19ClN2O2/c1-3-12(19)9-18-15(20)7-6-14(17-18)13-5-4-11(16)8-10(13)2/h4-5,8,12,19H,3,6-7,9H2,1-2H3. The van der Waals surface area contributed by atoms with E-state index in [1.807, 2.05) is 32.0 Å². The van der Waals surface area contributed by atoms with Gasteiger partial charge in [0.2, 0.25) is 5.91 Å². The van der Waals surface area contributed by atoms with Crippen LogP contribution in [0, 0.1) is 6.92 Å². The van der Waals surface area contributed by atoms with E-state index in [0.29, 0.717) is 24.3 Å². The summed E-state index contributed by atoms with van der Waals surface area (Å²) in [6.45, 7) is 4.11. The number of aliphatic hydroxyl groups is 1. The minimum Gasteiger partial charge on any atom is -0.391 e. The number of hydrazone groups is 1. The summed E-state index contributed by atoms with van der Waals surface area (Å²) in [6, 6.07) is 5.65. The number of hydrogen-bond donors (Lipinski definition) is 1. The molecule has 0 radical (unpaired) electrons. The predicted octanol–water partition coefficient (Wildman–Crippen LogP) is 2.75. The maximum absolute atomic E-state index is 11.8. The van der Waals surface area contributed by atoms with Crippen LogP contribution in [0.2, 0.25) is 5.02 Å². The van der Waals surface area contributed by atoms with Crippen LogP contribution in [0.5, 0.6) is 0 Å². The first kappa shape index (κ1) is 15.0. The fraction of sp³-hybridized carbons (Fsp3) is 0.467. The Bertz CT molecular complexity index is 543. The highest BCUT2D eigenvalue weighted by molar-refractivity contribution is 6.30. The molecule has 20 heavy (non-hydrogen) atoms. The number of carbonyl (C=O) groups is 1. The lowest BCUT2D eigenvalue weighted by Gasteiger charge is -2.25. The molecule has 1 aromatic carbocycles. The Hall–Kier alpha value is -1.39. The fourth-order valence-corrected chi connectivity index (χ4v) is 2.44. The summed E-state index contributed by atoms with van der Waals surface area (Å²) < 4.78 is 0. The van der Waals surface area contributed by atoms with Gasteiger partial charge in [0.05, 0.1) is 18.4 Å². The van der Waals surface area contributed by atoms with Gasteiger partial charge in [0.1, 0.15) is 0 Å². The zero-order valence-corrected chi connectivity index (χ0v) is 12.5. The van der Waals surface area contributed by atoms with Gasteiger partial charge >= 0.3 is 0 Å². The first-order chi connectivity index (χ1) is 9.51. The summed E-state index contributed by atoms with van der Waals surface area (Å²) in [5.41, 5.74) is 2.93. The first-order valence-electron chi connectivity index (χ1n) is 6.83. The Kier molecular flexibility index (Phi) is 4.78. The number of halogens is 1. The van der Waals surface area contributed by atoms with Gasteiger partial charge in [0, 0.05) is 23.4 Å². The van der Waals surface area contributed by atoms with Gasteiger partial charge in [-0.2, -0.15) is 5.10 Å². The van der Waals surface area contributed by atoms with Crippen LogP contribution in [-0.2, 0) is 4.79 Å². The molecule has 0 saturated carbocycles. The Labute approximate surface area is 124 Å². The fourth-order valence-electron chi connectivity index (χ4n) is 2.22. The number of carbonyl (C=O) groups excluding carboxylic acids is 1. The molecule has 1 heterocycles. The lowest BCUT2D eigenvalue weighted by molar-refractivity contribution is -0.133. The maximum atomic E-state index is 11.8. The SMILES string of the molecule is CCC(O)CN1N=C(c2ccc(Cl)cc2C)CCC1=O. The van der Waals surface area contributed by atoms with Crippen LogP contribution in [-0.4, -0.2) is 34.4 Å². The number of aryl methyl sites for hydroxylation is 1. The van der Waals surface area contributed by atoms with E-state index in [4.69, 9.17) is 11.6 Å². The Balaban J connectivity index is 2.26. The van der Waals surface area contributed by atoms with E-state index in [1.165, 1.54) is 5.01 Å². The second kappa shape index (κ2) is 6.37. The Morgan fingerprint density at radius 1 is 1.45 bits per heavy atom. The average molecular weight is 295 g/mol. The molecule has 0 bridgehead atoms. The van der Waals surface area contributed by atoms with Gasteiger partial charge in [0.15, 0.2) is 0 Å². The van der Waals surface area contributed by atoms with E-state index in [9.17, 15) is 9.90 Å². The summed E-state index contributed by atoms with van der Waals surface area (Å²) in [6.07, 6.45) is 1.12. The average Bonchev–Trinajstić information content (AvgIpc) is 2.41. The van der Waals surface area contributed by atoms with E-state index in [2.05, 4.69) is 5.10 Å². The normalized spacial score (nSPS) is 17.1. The molecule has 1 aliphatic heterocycles. The maximum Gasteiger partial charge on any atom is 0.243 e. The van der Waals surface area contributed by atoms with Gasteiger partial charge in [-0.1, -0.05) is 24.6 Å². The molecule has 1 unspecified atom stereocenters. The molecule has 1 aromatic rings. The molecule has 4 nitrogen and oxygen atoms in total. The van der Waals surface area contributed by atoms with Crippen LogP contribution in [0.15, 0.2) is 23.3 Å². The molecule has 5 heteroatoms. The molecular formula is C15H19ClN2O2. The van der Waals surface area contributed by atoms with E-state index in [1.54, 1.807) is 0 Å². The number of amides is 1. The van der Waals surface area contributed by atoms with E-state index >= 15 is 0 Å². The van der Waals surface area contributed by atoms with Gasteiger partial charge < -0.3 is 5.11 Å². The number of β-amino-alcohol motifs (C(OH)–C–C–N with tert-alkyl or cyclic N) is 1. The molecule has 108 valence electrons. The molecule has 0 fully saturated rings. The van der Waals surface area contributed by atoms with Gasteiger partial charge in [-0.3, -0.25) is 4.79 Å². The molecule has 0 spiro atoms. The third-order valence-electron chi connectivity index (χ3n) is 3.46. The van der Waals surface area contributed by atoms with Crippen LogP contribution in [0.4, 0.5) is 0 Å².